The van der Waals surface area contributed by atoms with E-state index in [1.165, 1.54) is 6.26 Å². The average Bonchev–Trinajstić information content (AvgIpc) is 2.71. The zero-order valence-electron chi connectivity index (χ0n) is 8.27. The Labute approximate surface area is 93.1 Å². The number of benzene rings is 1. The van der Waals surface area contributed by atoms with Gasteiger partial charge >= 0.3 is 0 Å². The zero-order chi connectivity index (χ0) is 10.9. The van der Waals surface area contributed by atoms with Gasteiger partial charge in [-0.25, -0.2) is 0 Å². The predicted molar refractivity (Wildman–Crippen MR) is 58.8 cm³/mol. The van der Waals surface area contributed by atoms with Gasteiger partial charge in [0, 0.05) is 10.6 Å². The van der Waals surface area contributed by atoms with Gasteiger partial charge in [-0.1, -0.05) is 23.7 Å². The maximum Gasteiger partial charge on any atom is 0.115 e. The van der Waals surface area contributed by atoms with Crippen molar-refractivity contribution in [2.24, 2.45) is 0 Å². The molecule has 15 heavy (non-hydrogen) atoms. The van der Waals surface area contributed by atoms with E-state index in [4.69, 9.17) is 16.0 Å². The molecule has 78 valence electrons. The first kappa shape index (κ1) is 10.3. The number of hydrogen-bond acceptors (Lipinski definition) is 2. The summed E-state index contributed by atoms with van der Waals surface area (Å²) in [5, 5.41) is 11.0. The fourth-order valence-corrected chi connectivity index (χ4v) is 1.61. The monoisotopic (exact) mass is 222 g/mol. The quantitative estimate of drug-likeness (QED) is 0.847. The van der Waals surface area contributed by atoms with Crippen molar-refractivity contribution in [3.05, 3.63) is 59.0 Å². The Balaban J connectivity index is 2.41. The first-order valence-electron chi connectivity index (χ1n) is 4.62. The van der Waals surface area contributed by atoms with Crippen LogP contribution in [0.5, 0.6) is 0 Å². The lowest BCUT2D eigenvalue weighted by atomic mass is 9.90. The Kier molecular flexibility index (Phi) is 2.55. The summed E-state index contributed by atoms with van der Waals surface area (Å²) in [6.45, 7) is 1.72. The number of rotatable bonds is 2. The van der Waals surface area contributed by atoms with Crippen LogP contribution in [0.2, 0.25) is 5.02 Å². The lowest BCUT2D eigenvalue weighted by Crippen LogP contribution is -2.21. The molecule has 3 heteroatoms. The zero-order valence-corrected chi connectivity index (χ0v) is 9.03. The summed E-state index contributed by atoms with van der Waals surface area (Å²) in [4.78, 5) is 0. The first-order chi connectivity index (χ1) is 7.10. The van der Waals surface area contributed by atoms with Crippen LogP contribution in [0.4, 0.5) is 0 Å². The third-order valence-corrected chi connectivity index (χ3v) is 2.74. The number of aliphatic hydroxyl groups is 1. The summed E-state index contributed by atoms with van der Waals surface area (Å²) in [5.74, 6) is 0. The van der Waals surface area contributed by atoms with Gasteiger partial charge in [0.15, 0.2) is 0 Å². The molecule has 0 radical (unpaired) electrons. The largest absolute Gasteiger partial charge is 0.472 e. The van der Waals surface area contributed by atoms with E-state index < -0.39 is 5.60 Å². The second-order valence-corrected chi connectivity index (χ2v) is 4.03. The van der Waals surface area contributed by atoms with Crippen LogP contribution in [0.1, 0.15) is 18.1 Å². The van der Waals surface area contributed by atoms with E-state index in [0.717, 1.165) is 11.1 Å². The molecule has 0 saturated heterocycles. The summed E-state index contributed by atoms with van der Waals surface area (Å²) in [6.07, 6.45) is 3.08. The summed E-state index contributed by atoms with van der Waals surface area (Å²) in [5.41, 5.74) is 0.468. The Morgan fingerprint density at radius 1 is 1.13 bits per heavy atom. The second kappa shape index (κ2) is 3.72. The van der Waals surface area contributed by atoms with Gasteiger partial charge in [-0.15, -0.1) is 0 Å². The topological polar surface area (TPSA) is 33.4 Å². The van der Waals surface area contributed by atoms with Crippen LogP contribution < -0.4 is 0 Å². The molecule has 1 unspecified atom stereocenters. The van der Waals surface area contributed by atoms with Crippen LogP contribution in [0.25, 0.3) is 0 Å². The Hall–Kier alpha value is -1.25. The van der Waals surface area contributed by atoms with E-state index in [-0.39, 0.29) is 0 Å². The van der Waals surface area contributed by atoms with Gasteiger partial charge in [0.1, 0.15) is 5.60 Å². The molecule has 0 fully saturated rings. The minimum absolute atomic E-state index is 0.654. The molecule has 0 aliphatic heterocycles. The Bertz CT molecular complexity index is 429. The number of halogens is 1. The highest BCUT2D eigenvalue weighted by Gasteiger charge is 2.26. The van der Waals surface area contributed by atoms with Crippen molar-refractivity contribution in [3.63, 3.8) is 0 Å². The minimum atomic E-state index is -1.04. The van der Waals surface area contributed by atoms with Gasteiger partial charge in [0.05, 0.1) is 12.5 Å². The standard InChI is InChI=1S/C12H11ClO2/c1-12(14,10-6-7-15-8-10)9-2-4-11(13)5-3-9/h2-8,14H,1H3. The SMILES string of the molecule is CC(O)(c1ccc(Cl)cc1)c1ccoc1. The maximum atomic E-state index is 10.3. The van der Waals surface area contributed by atoms with Crippen LogP contribution in [0.15, 0.2) is 47.3 Å². The molecule has 1 N–H and O–H groups in total. The fourth-order valence-electron chi connectivity index (χ4n) is 1.48. The molecular formula is C12H11ClO2. The van der Waals surface area contributed by atoms with Gasteiger partial charge in [-0.05, 0) is 30.7 Å². The van der Waals surface area contributed by atoms with Crippen molar-refractivity contribution in [3.8, 4) is 0 Å². The fraction of sp³-hybridized carbons (Fsp3) is 0.167. The summed E-state index contributed by atoms with van der Waals surface area (Å²) in [6, 6.07) is 8.86. The molecule has 0 aliphatic carbocycles. The smallest absolute Gasteiger partial charge is 0.115 e. The predicted octanol–water partition coefficient (Wildman–Crippen LogP) is 3.19. The van der Waals surface area contributed by atoms with Crippen molar-refractivity contribution < 1.29 is 9.52 Å². The molecule has 2 aromatic rings. The molecular weight excluding hydrogens is 212 g/mol. The normalized spacial score (nSPS) is 14.9. The van der Waals surface area contributed by atoms with Gasteiger partial charge in [0.2, 0.25) is 0 Å². The molecule has 1 atom stereocenters. The molecule has 1 aromatic heterocycles. The maximum absolute atomic E-state index is 10.3. The molecule has 0 aliphatic rings. The highest BCUT2D eigenvalue weighted by atomic mass is 35.5. The van der Waals surface area contributed by atoms with Gasteiger partial charge in [0.25, 0.3) is 0 Å². The van der Waals surface area contributed by atoms with Gasteiger partial charge < -0.3 is 9.52 Å². The highest BCUT2D eigenvalue weighted by Crippen LogP contribution is 2.29. The van der Waals surface area contributed by atoms with Crippen molar-refractivity contribution in [2.75, 3.05) is 0 Å². The van der Waals surface area contributed by atoms with E-state index >= 15 is 0 Å². The van der Waals surface area contributed by atoms with Crippen molar-refractivity contribution in [1.82, 2.24) is 0 Å². The van der Waals surface area contributed by atoms with Crippen molar-refractivity contribution in [2.45, 2.75) is 12.5 Å². The van der Waals surface area contributed by atoms with Gasteiger partial charge in [-0.3, -0.25) is 0 Å². The van der Waals surface area contributed by atoms with Crippen LogP contribution >= 0.6 is 11.6 Å². The summed E-state index contributed by atoms with van der Waals surface area (Å²) in [7, 11) is 0. The number of furan rings is 1. The Morgan fingerprint density at radius 3 is 2.33 bits per heavy atom. The third-order valence-electron chi connectivity index (χ3n) is 2.49. The second-order valence-electron chi connectivity index (χ2n) is 3.59. The molecule has 1 aromatic carbocycles. The van der Waals surface area contributed by atoms with Crippen LogP contribution in [0, 0.1) is 0 Å². The van der Waals surface area contributed by atoms with Gasteiger partial charge in [-0.2, -0.15) is 0 Å². The third kappa shape index (κ3) is 1.91. The first-order valence-corrected chi connectivity index (χ1v) is 4.99. The van der Waals surface area contributed by atoms with Crippen molar-refractivity contribution in [1.29, 1.82) is 0 Å². The number of hydrogen-bond donors (Lipinski definition) is 1. The van der Waals surface area contributed by atoms with E-state index in [1.54, 1.807) is 43.5 Å². The van der Waals surface area contributed by atoms with Crippen LogP contribution in [0.3, 0.4) is 0 Å². The van der Waals surface area contributed by atoms with Crippen LogP contribution in [-0.4, -0.2) is 5.11 Å². The summed E-state index contributed by atoms with van der Waals surface area (Å²) < 4.78 is 4.96. The minimum Gasteiger partial charge on any atom is -0.472 e. The molecule has 0 amide bonds. The van der Waals surface area contributed by atoms with Crippen LogP contribution in [-0.2, 0) is 5.60 Å². The lowest BCUT2D eigenvalue weighted by Gasteiger charge is -2.22. The van der Waals surface area contributed by atoms with E-state index in [0.29, 0.717) is 5.02 Å². The molecule has 0 bridgehead atoms. The lowest BCUT2D eigenvalue weighted by molar-refractivity contribution is 0.101. The molecule has 0 spiro atoms. The van der Waals surface area contributed by atoms with E-state index in [2.05, 4.69) is 0 Å². The average molecular weight is 223 g/mol. The van der Waals surface area contributed by atoms with Crippen molar-refractivity contribution >= 4 is 11.6 Å². The van der Waals surface area contributed by atoms with E-state index in [1.807, 2.05) is 0 Å². The molecule has 0 saturated carbocycles. The summed E-state index contributed by atoms with van der Waals surface area (Å²) >= 11 is 5.79. The molecule has 1 heterocycles. The molecule has 2 rings (SSSR count). The highest BCUT2D eigenvalue weighted by molar-refractivity contribution is 6.30. The van der Waals surface area contributed by atoms with E-state index in [9.17, 15) is 5.11 Å². The Morgan fingerprint density at radius 2 is 1.80 bits per heavy atom. The molecule has 2 nitrogen and oxygen atoms in total.